The van der Waals surface area contributed by atoms with Crippen LogP contribution in [0.3, 0.4) is 0 Å². The smallest absolute Gasteiger partial charge is 0.341 e. The van der Waals surface area contributed by atoms with Crippen LogP contribution in [-0.4, -0.2) is 17.7 Å². The summed E-state index contributed by atoms with van der Waals surface area (Å²) < 4.78 is 5.09. The molecule has 6 heteroatoms. The van der Waals surface area contributed by atoms with E-state index in [0.717, 1.165) is 17.0 Å². The molecule has 2 rings (SSSR count). The van der Waals surface area contributed by atoms with Crippen molar-refractivity contribution < 1.29 is 9.53 Å². The van der Waals surface area contributed by atoms with Crippen molar-refractivity contribution in [3.63, 3.8) is 0 Å². The molecule has 0 spiro atoms. The van der Waals surface area contributed by atoms with Crippen molar-refractivity contribution in [1.29, 1.82) is 0 Å². The number of thiophene rings is 1. The maximum atomic E-state index is 12.0. The summed E-state index contributed by atoms with van der Waals surface area (Å²) in [6.07, 6.45) is 0.859. The second-order valence-corrected chi connectivity index (χ2v) is 6.02. The second kappa shape index (κ2) is 7.91. The summed E-state index contributed by atoms with van der Waals surface area (Å²) in [5.41, 5.74) is 1.42. The molecular formula is C16H18N2O2S2. The number of rotatable bonds is 5. The van der Waals surface area contributed by atoms with E-state index >= 15 is 0 Å². The minimum atomic E-state index is -0.330. The normalized spacial score (nSPS) is 10.1. The highest BCUT2D eigenvalue weighted by molar-refractivity contribution is 7.80. The lowest BCUT2D eigenvalue weighted by Gasteiger charge is -2.10. The molecule has 1 aromatic heterocycles. The third-order valence-electron chi connectivity index (χ3n) is 2.89. The molecule has 116 valence electrons. The molecule has 4 nitrogen and oxygen atoms in total. The number of aryl methyl sites for hydroxylation is 1. The number of esters is 1. The molecule has 0 aliphatic rings. The zero-order chi connectivity index (χ0) is 15.9. The van der Waals surface area contributed by atoms with E-state index in [1.54, 1.807) is 6.92 Å². The molecule has 0 atom stereocenters. The number of para-hydroxylation sites is 1. The van der Waals surface area contributed by atoms with Crippen molar-refractivity contribution in [2.45, 2.75) is 20.3 Å². The Morgan fingerprint density at radius 1 is 1.23 bits per heavy atom. The van der Waals surface area contributed by atoms with Crippen LogP contribution in [0.15, 0.2) is 36.4 Å². The van der Waals surface area contributed by atoms with Gasteiger partial charge in [0.05, 0.1) is 12.2 Å². The van der Waals surface area contributed by atoms with Gasteiger partial charge in [-0.05, 0) is 43.8 Å². The van der Waals surface area contributed by atoms with E-state index in [1.807, 2.05) is 43.3 Å². The van der Waals surface area contributed by atoms with Gasteiger partial charge >= 0.3 is 5.97 Å². The number of hydrogen-bond acceptors (Lipinski definition) is 4. The lowest BCUT2D eigenvalue weighted by molar-refractivity contribution is 0.0528. The molecule has 0 amide bonds. The van der Waals surface area contributed by atoms with Crippen molar-refractivity contribution in [2.75, 3.05) is 17.2 Å². The Morgan fingerprint density at radius 3 is 2.59 bits per heavy atom. The van der Waals surface area contributed by atoms with Crippen LogP contribution in [0, 0.1) is 0 Å². The lowest BCUT2D eigenvalue weighted by Crippen LogP contribution is -2.20. The van der Waals surface area contributed by atoms with Gasteiger partial charge in [-0.2, -0.15) is 0 Å². The van der Waals surface area contributed by atoms with Gasteiger partial charge in [0.15, 0.2) is 5.11 Å². The van der Waals surface area contributed by atoms with Crippen molar-refractivity contribution in [1.82, 2.24) is 0 Å². The number of hydrogen-bond donors (Lipinski definition) is 2. The van der Waals surface area contributed by atoms with Crippen LogP contribution in [0.1, 0.15) is 29.1 Å². The minimum absolute atomic E-state index is 0.330. The first kappa shape index (κ1) is 16.5. The third kappa shape index (κ3) is 4.29. The van der Waals surface area contributed by atoms with Crippen molar-refractivity contribution in [2.24, 2.45) is 0 Å². The Kier molecular flexibility index (Phi) is 5.91. The Morgan fingerprint density at radius 2 is 1.95 bits per heavy atom. The maximum Gasteiger partial charge on any atom is 0.341 e. The highest BCUT2D eigenvalue weighted by atomic mass is 32.1. The van der Waals surface area contributed by atoms with Gasteiger partial charge in [0.1, 0.15) is 5.00 Å². The third-order valence-corrected chi connectivity index (χ3v) is 4.28. The summed E-state index contributed by atoms with van der Waals surface area (Å²) in [6, 6.07) is 11.5. The van der Waals surface area contributed by atoms with Crippen molar-refractivity contribution in [3.8, 4) is 0 Å². The number of benzene rings is 1. The van der Waals surface area contributed by atoms with E-state index in [9.17, 15) is 4.79 Å². The summed E-state index contributed by atoms with van der Waals surface area (Å²) in [4.78, 5) is 13.1. The summed E-state index contributed by atoms with van der Waals surface area (Å²) in [5.74, 6) is -0.330. The van der Waals surface area contributed by atoms with Gasteiger partial charge in [0, 0.05) is 10.6 Å². The Hall–Kier alpha value is -1.92. The number of ether oxygens (including phenoxy) is 1. The van der Waals surface area contributed by atoms with E-state index in [0.29, 0.717) is 22.3 Å². The zero-order valence-electron chi connectivity index (χ0n) is 12.5. The fourth-order valence-electron chi connectivity index (χ4n) is 1.86. The van der Waals surface area contributed by atoms with E-state index in [2.05, 4.69) is 10.6 Å². The van der Waals surface area contributed by atoms with Gasteiger partial charge in [0.25, 0.3) is 0 Å². The Bertz CT molecular complexity index is 653. The second-order valence-electron chi connectivity index (χ2n) is 4.47. The Balaban J connectivity index is 2.12. The fraction of sp³-hybridized carbons (Fsp3) is 0.250. The molecular weight excluding hydrogens is 316 g/mol. The van der Waals surface area contributed by atoms with E-state index in [4.69, 9.17) is 17.0 Å². The highest BCUT2D eigenvalue weighted by Crippen LogP contribution is 2.29. The van der Waals surface area contributed by atoms with Crippen LogP contribution < -0.4 is 10.6 Å². The maximum absolute atomic E-state index is 12.0. The van der Waals surface area contributed by atoms with E-state index < -0.39 is 0 Å². The number of nitrogens with one attached hydrogen (secondary N) is 2. The van der Waals surface area contributed by atoms with Crippen molar-refractivity contribution in [3.05, 3.63) is 46.8 Å². The van der Waals surface area contributed by atoms with Gasteiger partial charge in [-0.1, -0.05) is 25.1 Å². The van der Waals surface area contributed by atoms with Crippen molar-refractivity contribution >= 4 is 45.3 Å². The van der Waals surface area contributed by atoms with Gasteiger partial charge < -0.3 is 15.4 Å². The molecule has 1 heterocycles. The highest BCUT2D eigenvalue weighted by Gasteiger charge is 2.17. The number of carbonyl (C=O) groups excluding carboxylic acids is 1. The van der Waals surface area contributed by atoms with Gasteiger partial charge in [-0.25, -0.2) is 4.79 Å². The molecule has 0 fully saturated rings. The molecule has 22 heavy (non-hydrogen) atoms. The standard InChI is InChI=1S/C16H18N2O2S2/c1-3-12-10-13(15(19)20-4-2)14(22-12)18-16(21)17-11-8-6-5-7-9-11/h5-10H,3-4H2,1-2H3,(H2,17,18,21). The average molecular weight is 334 g/mol. The monoisotopic (exact) mass is 334 g/mol. The molecule has 0 unspecified atom stereocenters. The van der Waals surface area contributed by atoms with Gasteiger partial charge in [-0.3, -0.25) is 0 Å². The largest absolute Gasteiger partial charge is 0.462 e. The fourth-order valence-corrected chi connectivity index (χ4v) is 3.13. The molecule has 0 saturated carbocycles. The average Bonchev–Trinajstić information content (AvgIpc) is 2.91. The first-order valence-electron chi connectivity index (χ1n) is 7.07. The van der Waals surface area contributed by atoms with Crippen LogP contribution in [0.4, 0.5) is 10.7 Å². The van der Waals surface area contributed by atoms with Gasteiger partial charge in [-0.15, -0.1) is 11.3 Å². The quantitative estimate of drug-likeness (QED) is 0.631. The molecule has 1 aromatic carbocycles. The predicted octanol–water partition coefficient (Wildman–Crippen LogP) is 4.30. The minimum Gasteiger partial charge on any atom is -0.462 e. The first-order chi connectivity index (χ1) is 10.6. The van der Waals surface area contributed by atoms with Crippen LogP contribution in [0.25, 0.3) is 0 Å². The van der Waals surface area contributed by atoms with Crippen LogP contribution in [0.5, 0.6) is 0 Å². The molecule has 0 aliphatic heterocycles. The predicted molar refractivity (Wildman–Crippen MR) is 95.9 cm³/mol. The number of thiocarbonyl (C=S) groups is 1. The molecule has 0 aliphatic carbocycles. The van der Waals surface area contributed by atoms with Crippen LogP contribution >= 0.6 is 23.6 Å². The molecule has 0 bridgehead atoms. The summed E-state index contributed by atoms with van der Waals surface area (Å²) in [5, 5.41) is 7.34. The zero-order valence-corrected chi connectivity index (χ0v) is 14.1. The topological polar surface area (TPSA) is 50.4 Å². The SMILES string of the molecule is CCOC(=O)c1cc(CC)sc1NC(=S)Nc1ccccc1. The summed E-state index contributed by atoms with van der Waals surface area (Å²) in [6.45, 7) is 4.19. The van der Waals surface area contributed by atoms with E-state index in [-0.39, 0.29) is 5.97 Å². The Labute approximate surface area is 139 Å². The lowest BCUT2D eigenvalue weighted by atomic mass is 10.2. The molecule has 0 saturated heterocycles. The van der Waals surface area contributed by atoms with E-state index in [1.165, 1.54) is 11.3 Å². The van der Waals surface area contributed by atoms with Crippen LogP contribution in [-0.2, 0) is 11.2 Å². The number of anilines is 2. The number of carbonyl (C=O) groups is 1. The van der Waals surface area contributed by atoms with Gasteiger partial charge in [0.2, 0.25) is 0 Å². The molecule has 2 N–H and O–H groups in total. The van der Waals surface area contributed by atoms with Crippen LogP contribution in [0.2, 0.25) is 0 Å². The first-order valence-corrected chi connectivity index (χ1v) is 8.29. The molecule has 0 radical (unpaired) electrons. The summed E-state index contributed by atoms with van der Waals surface area (Å²) in [7, 11) is 0. The summed E-state index contributed by atoms with van der Waals surface area (Å²) >= 11 is 6.82. The molecule has 2 aromatic rings.